The largest absolute Gasteiger partial charge is 0.469 e. The van der Waals surface area contributed by atoms with Gasteiger partial charge in [0.1, 0.15) is 6.61 Å². The van der Waals surface area contributed by atoms with Crippen molar-refractivity contribution in [2.45, 2.75) is 81.2 Å². The van der Waals surface area contributed by atoms with Gasteiger partial charge in [-0.1, -0.05) is 48.7 Å². The number of fused-ring (bicyclic) bond motifs is 5. The van der Waals surface area contributed by atoms with Gasteiger partial charge in [0.15, 0.2) is 0 Å². The Kier molecular flexibility index (Phi) is 7.17. The molecule has 0 aromatic carbocycles. The van der Waals surface area contributed by atoms with Gasteiger partial charge in [-0.05, 0) is 85.9 Å². The van der Waals surface area contributed by atoms with Crippen LogP contribution in [0.15, 0.2) is 0 Å². The van der Waals surface area contributed by atoms with E-state index in [0.29, 0.717) is 24.2 Å². The van der Waals surface area contributed by atoms with Crippen LogP contribution in [-0.4, -0.2) is 46.8 Å². The number of carbonyl (C=O) groups excluding carboxylic acids is 2. The van der Waals surface area contributed by atoms with Crippen molar-refractivity contribution in [3.8, 4) is 0 Å². The molecule has 0 aromatic rings. The molecule has 0 heterocycles. The van der Waals surface area contributed by atoms with Crippen LogP contribution in [0.25, 0.3) is 0 Å². The summed E-state index contributed by atoms with van der Waals surface area (Å²) in [6, 6.07) is -0.160. The van der Waals surface area contributed by atoms with E-state index in [0.717, 1.165) is 44.9 Å². The lowest BCUT2D eigenvalue weighted by Crippen LogP contribution is -2.63. The second-order valence-electron chi connectivity index (χ2n) is 11.3. The third kappa shape index (κ3) is 4.71. The topological polar surface area (TPSA) is 84.9 Å². The number of methoxy groups -OCH3 is 1. The molecule has 0 spiro atoms. The molecule has 0 aromatic heterocycles. The van der Waals surface area contributed by atoms with Crippen molar-refractivity contribution in [3.63, 3.8) is 0 Å². The Morgan fingerprint density at radius 2 is 1.82 bits per heavy atom. The lowest BCUT2D eigenvalue weighted by molar-refractivity contribution is -0.161. The number of aliphatic hydroxyl groups is 1. The molecule has 6 nitrogen and oxygen atoms in total. The number of alkyl halides is 3. The summed E-state index contributed by atoms with van der Waals surface area (Å²) in [5.74, 6) is 1.15. The molecule has 2 N–H and O–H groups in total. The monoisotopic (exact) mass is 523 g/mol. The number of carbonyl (C=O) groups is 2. The molecular weight excluding hydrogens is 489 g/mol. The molecule has 9 heteroatoms. The van der Waals surface area contributed by atoms with E-state index in [9.17, 15) is 14.7 Å². The van der Waals surface area contributed by atoms with Gasteiger partial charge < -0.3 is 19.9 Å². The van der Waals surface area contributed by atoms with Gasteiger partial charge in [-0.3, -0.25) is 4.79 Å². The molecule has 0 saturated heterocycles. The Labute approximate surface area is 211 Å². The summed E-state index contributed by atoms with van der Waals surface area (Å²) >= 11 is 17.3. The molecule has 4 aliphatic rings. The first kappa shape index (κ1) is 25.7. The molecule has 9 atom stereocenters. The third-order valence-electron chi connectivity index (χ3n) is 9.75. The maximum Gasteiger partial charge on any atom is 0.407 e. The zero-order valence-electron chi connectivity index (χ0n) is 19.6. The Morgan fingerprint density at radius 1 is 1.09 bits per heavy atom. The second kappa shape index (κ2) is 9.22. The summed E-state index contributed by atoms with van der Waals surface area (Å²) in [6.45, 7) is 4.21. The highest BCUT2D eigenvalue weighted by atomic mass is 35.6. The fourth-order valence-corrected chi connectivity index (χ4v) is 8.59. The molecule has 4 saturated carbocycles. The Morgan fingerprint density at radius 3 is 2.48 bits per heavy atom. The highest BCUT2D eigenvalue weighted by Crippen LogP contribution is 2.67. The molecule has 0 radical (unpaired) electrons. The van der Waals surface area contributed by atoms with Gasteiger partial charge in [0.05, 0.1) is 19.1 Å². The SMILES string of the molecule is COC(=O)[C@H]1CC[C@H]2[C@@H]3CC[C@H]4C[C@H](O)CC[C@]4(C)[C@H]3[C@H](NC(=O)OCC(Cl)(Cl)Cl)C[C@]12C. The number of alkyl carbamates (subject to hydrolysis) is 1. The average Bonchev–Trinajstić information content (AvgIpc) is 3.08. The molecule has 33 heavy (non-hydrogen) atoms. The zero-order valence-corrected chi connectivity index (χ0v) is 21.9. The van der Waals surface area contributed by atoms with Gasteiger partial charge in [-0.25, -0.2) is 4.79 Å². The van der Waals surface area contributed by atoms with Crippen molar-refractivity contribution in [3.05, 3.63) is 0 Å². The van der Waals surface area contributed by atoms with Gasteiger partial charge in [-0.15, -0.1) is 0 Å². The number of aliphatic hydroxyl groups excluding tert-OH is 1. The number of rotatable bonds is 3. The van der Waals surface area contributed by atoms with Crippen molar-refractivity contribution >= 4 is 46.9 Å². The maximum atomic E-state index is 12.8. The molecular formula is C24H36Cl3NO5. The lowest BCUT2D eigenvalue weighted by atomic mass is 9.43. The number of amides is 1. The number of nitrogens with one attached hydrogen (secondary N) is 1. The van der Waals surface area contributed by atoms with Crippen molar-refractivity contribution in [2.75, 3.05) is 13.7 Å². The fraction of sp³-hybridized carbons (Fsp3) is 0.917. The minimum atomic E-state index is -1.67. The summed E-state index contributed by atoms with van der Waals surface area (Å²) in [7, 11) is 1.45. The first-order valence-corrected chi connectivity index (χ1v) is 13.3. The molecule has 0 unspecified atom stereocenters. The predicted molar refractivity (Wildman–Crippen MR) is 127 cm³/mol. The van der Waals surface area contributed by atoms with Crippen LogP contribution in [-0.2, 0) is 14.3 Å². The number of ether oxygens (including phenoxy) is 2. The van der Waals surface area contributed by atoms with Crippen LogP contribution in [0.5, 0.6) is 0 Å². The van der Waals surface area contributed by atoms with Crippen LogP contribution in [0.1, 0.15) is 65.2 Å². The van der Waals surface area contributed by atoms with Crippen molar-refractivity contribution in [1.82, 2.24) is 5.32 Å². The summed E-state index contributed by atoms with van der Waals surface area (Å²) in [4.78, 5) is 25.5. The minimum Gasteiger partial charge on any atom is -0.469 e. The third-order valence-corrected chi connectivity index (χ3v) is 10.1. The van der Waals surface area contributed by atoms with Crippen LogP contribution in [0.2, 0.25) is 0 Å². The van der Waals surface area contributed by atoms with Gasteiger partial charge in [0, 0.05) is 6.04 Å². The predicted octanol–water partition coefficient (Wildman–Crippen LogP) is 5.25. The van der Waals surface area contributed by atoms with Crippen molar-refractivity contribution in [2.24, 2.45) is 40.4 Å². The molecule has 188 valence electrons. The summed E-state index contributed by atoms with van der Waals surface area (Å²) < 4.78 is 8.73. The van der Waals surface area contributed by atoms with Crippen LogP contribution >= 0.6 is 34.8 Å². The van der Waals surface area contributed by atoms with E-state index in [4.69, 9.17) is 44.3 Å². The Hall–Kier alpha value is -0.430. The van der Waals surface area contributed by atoms with Crippen molar-refractivity contribution < 1.29 is 24.2 Å². The van der Waals surface area contributed by atoms with E-state index in [1.165, 1.54) is 7.11 Å². The molecule has 4 aliphatic carbocycles. The lowest BCUT2D eigenvalue weighted by Gasteiger charge is -2.63. The van der Waals surface area contributed by atoms with E-state index in [-0.39, 0.29) is 47.4 Å². The number of hydrogen-bond donors (Lipinski definition) is 2. The van der Waals surface area contributed by atoms with Gasteiger partial charge in [0.2, 0.25) is 3.79 Å². The number of esters is 1. The quantitative estimate of drug-likeness (QED) is 0.389. The van der Waals surface area contributed by atoms with E-state index in [2.05, 4.69) is 19.2 Å². The van der Waals surface area contributed by atoms with Crippen molar-refractivity contribution in [1.29, 1.82) is 0 Å². The highest BCUT2D eigenvalue weighted by molar-refractivity contribution is 6.67. The number of hydrogen-bond acceptors (Lipinski definition) is 5. The molecule has 0 bridgehead atoms. The summed E-state index contributed by atoms with van der Waals surface area (Å²) in [5, 5.41) is 13.5. The van der Waals surface area contributed by atoms with Crippen LogP contribution < -0.4 is 5.32 Å². The average molecular weight is 525 g/mol. The summed E-state index contributed by atoms with van der Waals surface area (Å²) in [5.41, 5.74) is -0.237. The van der Waals surface area contributed by atoms with Gasteiger partial charge >= 0.3 is 12.1 Å². The standard InChI is InChI=1S/C24H36Cl3NO5/c1-22-9-8-14(29)10-13(22)4-5-15-16-6-7-17(20(30)32-3)23(16,2)11-18(19(15)22)28-21(31)33-12-24(25,26)27/h13-19,29H,4-12H2,1-3H3,(H,28,31)/t13-,14+,15-,16-,17+,18+,19+,22-,23-/m0/s1. The van der Waals surface area contributed by atoms with E-state index >= 15 is 0 Å². The Bertz CT molecular complexity index is 776. The van der Waals surface area contributed by atoms with Crippen LogP contribution in [0, 0.1) is 40.4 Å². The van der Waals surface area contributed by atoms with E-state index in [1.807, 2.05) is 0 Å². The first-order valence-electron chi connectivity index (χ1n) is 12.1. The molecule has 0 aliphatic heterocycles. The first-order chi connectivity index (χ1) is 15.4. The molecule has 4 rings (SSSR count). The van der Waals surface area contributed by atoms with Gasteiger partial charge in [0.25, 0.3) is 0 Å². The summed E-state index contributed by atoms with van der Waals surface area (Å²) in [6.07, 6.45) is 6.33. The fourth-order valence-electron chi connectivity index (χ4n) is 8.43. The maximum absolute atomic E-state index is 12.8. The van der Waals surface area contributed by atoms with Gasteiger partial charge in [-0.2, -0.15) is 0 Å². The van der Waals surface area contributed by atoms with Crippen LogP contribution in [0.3, 0.4) is 0 Å². The molecule has 1 amide bonds. The second-order valence-corrected chi connectivity index (χ2v) is 13.8. The molecule has 4 fully saturated rings. The Balaban J connectivity index is 1.65. The van der Waals surface area contributed by atoms with E-state index < -0.39 is 9.89 Å². The minimum absolute atomic E-state index is 0.0139. The highest BCUT2D eigenvalue weighted by Gasteiger charge is 2.64. The zero-order chi connectivity index (χ0) is 24.2. The number of halogens is 3. The van der Waals surface area contributed by atoms with Crippen LogP contribution in [0.4, 0.5) is 4.79 Å². The normalized spacial score (nSPS) is 44.8. The smallest absolute Gasteiger partial charge is 0.407 e. The van der Waals surface area contributed by atoms with E-state index in [1.54, 1.807) is 0 Å².